The summed E-state index contributed by atoms with van der Waals surface area (Å²) in [5.74, 6) is 0.237. The molecule has 18 heavy (non-hydrogen) atoms. The minimum atomic E-state index is -1.16. The van der Waals surface area contributed by atoms with Crippen molar-refractivity contribution in [2.75, 3.05) is 0 Å². The van der Waals surface area contributed by atoms with Crippen molar-refractivity contribution in [2.24, 2.45) is 7.05 Å². The van der Waals surface area contributed by atoms with Gasteiger partial charge in [-0.15, -0.1) is 0 Å². The molecular formula is C12H15FN4O. The van der Waals surface area contributed by atoms with Crippen LogP contribution in [0.3, 0.4) is 0 Å². The summed E-state index contributed by atoms with van der Waals surface area (Å²) in [6, 6.07) is 2.79. The van der Waals surface area contributed by atoms with Crippen LogP contribution in [0.15, 0.2) is 24.7 Å². The third-order valence-electron chi connectivity index (χ3n) is 3.04. The molecule has 96 valence electrons. The molecule has 0 amide bonds. The summed E-state index contributed by atoms with van der Waals surface area (Å²) in [6.07, 6.45) is 3.28. The molecule has 6 heteroatoms. The molecule has 1 unspecified atom stereocenters. The highest BCUT2D eigenvalue weighted by Gasteiger charge is 2.30. The fourth-order valence-electron chi connectivity index (χ4n) is 1.79. The molecule has 2 aromatic rings. The molecule has 0 radical (unpaired) electrons. The minimum Gasteiger partial charge on any atom is -0.383 e. The van der Waals surface area contributed by atoms with Crippen molar-refractivity contribution in [2.45, 2.75) is 25.4 Å². The van der Waals surface area contributed by atoms with E-state index in [1.807, 2.05) is 6.92 Å². The van der Waals surface area contributed by atoms with Gasteiger partial charge in [-0.2, -0.15) is 5.10 Å². The first-order valence-corrected chi connectivity index (χ1v) is 5.72. The average molecular weight is 250 g/mol. The number of rotatable bonds is 4. The molecular weight excluding hydrogens is 235 g/mol. The van der Waals surface area contributed by atoms with E-state index in [9.17, 15) is 9.50 Å². The van der Waals surface area contributed by atoms with Crippen molar-refractivity contribution in [1.29, 1.82) is 0 Å². The Morgan fingerprint density at radius 1 is 1.39 bits per heavy atom. The van der Waals surface area contributed by atoms with Gasteiger partial charge in [0.15, 0.2) is 0 Å². The normalized spacial score (nSPS) is 14.4. The summed E-state index contributed by atoms with van der Waals surface area (Å²) >= 11 is 0. The molecule has 0 aliphatic heterocycles. The predicted octanol–water partition coefficient (Wildman–Crippen LogP) is 1.19. The highest BCUT2D eigenvalue weighted by atomic mass is 19.1. The number of hydrogen-bond donors (Lipinski definition) is 1. The van der Waals surface area contributed by atoms with Crippen LogP contribution in [-0.4, -0.2) is 24.9 Å². The molecule has 1 atom stereocenters. The average Bonchev–Trinajstić information content (AvgIpc) is 2.75. The summed E-state index contributed by atoms with van der Waals surface area (Å²) in [5, 5.41) is 14.6. The van der Waals surface area contributed by atoms with Gasteiger partial charge in [-0.25, -0.2) is 9.37 Å². The van der Waals surface area contributed by atoms with Crippen LogP contribution >= 0.6 is 0 Å². The molecule has 0 fully saturated rings. The van der Waals surface area contributed by atoms with Crippen LogP contribution in [0.4, 0.5) is 4.39 Å². The highest BCUT2D eigenvalue weighted by Crippen LogP contribution is 2.26. The maximum Gasteiger partial charge on any atom is 0.141 e. The first-order valence-electron chi connectivity index (χ1n) is 5.72. The second kappa shape index (κ2) is 4.81. The van der Waals surface area contributed by atoms with Gasteiger partial charge in [0.25, 0.3) is 0 Å². The fraction of sp³-hybridized carbons (Fsp3) is 0.417. The first-order chi connectivity index (χ1) is 8.55. The zero-order valence-electron chi connectivity index (χ0n) is 10.3. The monoisotopic (exact) mass is 250 g/mol. The van der Waals surface area contributed by atoms with Crippen molar-refractivity contribution in [3.63, 3.8) is 0 Å². The lowest BCUT2D eigenvalue weighted by atomic mass is 9.91. The molecule has 0 aromatic carbocycles. The molecule has 2 heterocycles. The van der Waals surface area contributed by atoms with Gasteiger partial charge in [-0.3, -0.25) is 9.67 Å². The topological polar surface area (TPSA) is 63.8 Å². The third kappa shape index (κ3) is 2.38. The van der Waals surface area contributed by atoms with E-state index in [0.29, 0.717) is 24.4 Å². The summed E-state index contributed by atoms with van der Waals surface area (Å²) < 4.78 is 14.5. The Balaban J connectivity index is 2.30. The van der Waals surface area contributed by atoms with E-state index in [-0.39, 0.29) is 0 Å². The van der Waals surface area contributed by atoms with Crippen LogP contribution in [-0.2, 0) is 19.1 Å². The zero-order chi connectivity index (χ0) is 13.2. The summed E-state index contributed by atoms with van der Waals surface area (Å²) in [5.41, 5.74) is -0.719. The van der Waals surface area contributed by atoms with Crippen molar-refractivity contribution in [3.05, 3.63) is 42.0 Å². The van der Waals surface area contributed by atoms with Gasteiger partial charge in [0, 0.05) is 13.5 Å². The van der Waals surface area contributed by atoms with Gasteiger partial charge in [0.1, 0.15) is 23.6 Å². The Morgan fingerprint density at radius 3 is 2.67 bits per heavy atom. The third-order valence-corrected chi connectivity index (χ3v) is 3.04. The minimum absolute atomic E-state index is 0.290. The van der Waals surface area contributed by atoms with E-state index in [1.165, 1.54) is 18.5 Å². The number of pyridine rings is 1. The molecule has 1 N–H and O–H groups in total. The van der Waals surface area contributed by atoms with Gasteiger partial charge in [0.05, 0.1) is 11.9 Å². The largest absolute Gasteiger partial charge is 0.383 e. The molecule has 0 spiro atoms. The molecule has 0 saturated heterocycles. The standard InChI is InChI=1S/C12H15FN4O/c1-3-12(18,6-11-15-8-16-17(11)2)10-5-4-9(13)7-14-10/h4-5,7-8,18H,3,6H2,1-2H3. The maximum atomic E-state index is 12.8. The number of hydrogen-bond acceptors (Lipinski definition) is 4. The Kier molecular flexibility index (Phi) is 3.38. The van der Waals surface area contributed by atoms with E-state index < -0.39 is 11.4 Å². The SMILES string of the molecule is CCC(O)(Cc1ncnn1C)c1ccc(F)cn1. The number of nitrogens with zero attached hydrogens (tertiary/aromatic N) is 4. The van der Waals surface area contributed by atoms with E-state index in [1.54, 1.807) is 11.7 Å². The first kappa shape index (κ1) is 12.6. The van der Waals surface area contributed by atoms with Gasteiger partial charge in [-0.05, 0) is 18.6 Å². The van der Waals surface area contributed by atoms with E-state index in [2.05, 4.69) is 15.1 Å². The fourth-order valence-corrected chi connectivity index (χ4v) is 1.79. The van der Waals surface area contributed by atoms with Crippen LogP contribution in [0.2, 0.25) is 0 Å². The Bertz CT molecular complexity index is 525. The predicted molar refractivity (Wildman–Crippen MR) is 63.1 cm³/mol. The van der Waals surface area contributed by atoms with Crippen LogP contribution in [0.25, 0.3) is 0 Å². The molecule has 2 rings (SSSR count). The second-order valence-electron chi connectivity index (χ2n) is 4.22. The Morgan fingerprint density at radius 2 is 2.17 bits per heavy atom. The quantitative estimate of drug-likeness (QED) is 0.885. The van der Waals surface area contributed by atoms with Crippen LogP contribution < -0.4 is 0 Å². The Labute approximate surface area is 104 Å². The van der Waals surface area contributed by atoms with E-state index in [4.69, 9.17) is 0 Å². The molecule has 5 nitrogen and oxygen atoms in total. The number of halogens is 1. The number of aromatic nitrogens is 4. The van der Waals surface area contributed by atoms with Gasteiger partial charge >= 0.3 is 0 Å². The lowest BCUT2D eigenvalue weighted by molar-refractivity contribution is 0.0254. The number of aryl methyl sites for hydroxylation is 1. The summed E-state index contributed by atoms with van der Waals surface area (Å²) in [4.78, 5) is 8.03. The number of aliphatic hydroxyl groups is 1. The zero-order valence-corrected chi connectivity index (χ0v) is 10.3. The van der Waals surface area contributed by atoms with Gasteiger partial charge in [-0.1, -0.05) is 6.92 Å². The van der Waals surface area contributed by atoms with Crippen molar-refractivity contribution in [3.8, 4) is 0 Å². The van der Waals surface area contributed by atoms with E-state index >= 15 is 0 Å². The lowest BCUT2D eigenvalue weighted by Gasteiger charge is -2.25. The van der Waals surface area contributed by atoms with E-state index in [0.717, 1.165) is 6.20 Å². The van der Waals surface area contributed by atoms with Crippen LogP contribution in [0.1, 0.15) is 24.9 Å². The molecule has 0 bridgehead atoms. The summed E-state index contributed by atoms with van der Waals surface area (Å²) in [6.45, 7) is 1.85. The molecule has 2 aromatic heterocycles. The molecule has 0 aliphatic carbocycles. The van der Waals surface area contributed by atoms with Gasteiger partial charge < -0.3 is 5.11 Å². The highest BCUT2D eigenvalue weighted by molar-refractivity contribution is 5.15. The summed E-state index contributed by atoms with van der Waals surface area (Å²) in [7, 11) is 1.76. The van der Waals surface area contributed by atoms with Crippen molar-refractivity contribution < 1.29 is 9.50 Å². The lowest BCUT2D eigenvalue weighted by Crippen LogP contribution is -2.30. The molecule has 0 saturated carbocycles. The molecule has 0 aliphatic rings. The second-order valence-corrected chi connectivity index (χ2v) is 4.22. The van der Waals surface area contributed by atoms with Crippen LogP contribution in [0, 0.1) is 5.82 Å². The maximum absolute atomic E-state index is 12.8. The van der Waals surface area contributed by atoms with Gasteiger partial charge in [0.2, 0.25) is 0 Å². The Hall–Kier alpha value is -1.82. The van der Waals surface area contributed by atoms with Crippen LogP contribution in [0.5, 0.6) is 0 Å². The van der Waals surface area contributed by atoms with Crippen molar-refractivity contribution in [1.82, 2.24) is 19.7 Å². The smallest absolute Gasteiger partial charge is 0.141 e. The van der Waals surface area contributed by atoms with Crippen molar-refractivity contribution >= 4 is 0 Å².